The van der Waals surface area contributed by atoms with Crippen molar-refractivity contribution in [3.8, 4) is 11.5 Å². The van der Waals surface area contributed by atoms with Crippen LogP contribution in [-0.2, 0) is 6.54 Å². The van der Waals surface area contributed by atoms with Gasteiger partial charge in [-0.2, -0.15) is 0 Å². The summed E-state index contributed by atoms with van der Waals surface area (Å²) in [5, 5.41) is 11.4. The number of ether oxygens (including phenoxy) is 2. The van der Waals surface area contributed by atoms with E-state index in [1.807, 2.05) is 12.1 Å². The molecule has 1 unspecified atom stereocenters. The molecule has 5 heteroatoms. The van der Waals surface area contributed by atoms with Gasteiger partial charge in [0.1, 0.15) is 18.4 Å². The average molecular weight is 384 g/mol. The predicted octanol–water partition coefficient (Wildman–Crippen LogP) is 3.01. The maximum absolute atomic E-state index is 13.7. The predicted molar refractivity (Wildman–Crippen MR) is 103 cm³/mol. The van der Waals surface area contributed by atoms with E-state index in [0.29, 0.717) is 0 Å². The van der Waals surface area contributed by atoms with Crippen molar-refractivity contribution in [2.75, 3.05) is 13.3 Å². The van der Waals surface area contributed by atoms with E-state index in [1.54, 1.807) is 12.1 Å². The fourth-order valence-corrected chi connectivity index (χ4v) is 5.54. The van der Waals surface area contributed by atoms with Gasteiger partial charge in [0.25, 0.3) is 0 Å². The van der Waals surface area contributed by atoms with Crippen LogP contribution in [0.3, 0.4) is 0 Å². The monoisotopic (exact) mass is 384 g/mol. The summed E-state index contributed by atoms with van der Waals surface area (Å²) in [5.74, 6) is 1.58. The molecule has 0 spiro atoms. The second kappa shape index (κ2) is 7.05. The van der Waals surface area contributed by atoms with E-state index in [2.05, 4.69) is 12.1 Å². The minimum Gasteiger partial charge on any atom is -0.454 e. The number of quaternary nitrogens is 1. The van der Waals surface area contributed by atoms with Crippen LogP contribution in [0.25, 0.3) is 0 Å². The first-order valence-electron chi connectivity index (χ1n) is 10.3. The molecule has 2 aromatic carbocycles. The van der Waals surface area contributed by atoms with Crippen LogP contribution in [0.5, 0.6) is 11.5 Å². The molecular weight excluding hydrogens is 357 g/mol. The van der Waals surface area contributed by atoms with Crippen molar-refractivity contribution in [2.24, 2.45) is 5.92 Å². The van der Waals surface area contributed by atoms with Crippen LogP contribution < -0.4 is 14.4 Å². The highest BCUT2D eigenvalue weighted by molar-refractivity contribution is 5.45. The molecule has 2 aliphatic heterocycles. The van der Waals surface area contributed by atoms with Gasteiger partial charge in [-0.25, -0.2) is 4.39 Å². The Morgan fingerprint density at radius 2 is 1.96 bits per heavy atom. The molecule has 2 N–H and O–H groups in total. The number of nitrogens with one attached hydrogen (secondary N) is 1. The number of halogens is 1. The van der Waals surface area contributed by atoms with E-state index < -0.39 is 5.60 Å². The van der Waals surface area contributed by atoms with Gasteiger partial charge in [-0.05, 0) is 43.2 Å². The van der Waals surface area contributed by atoms with E-state index >= 15 is 0 Å². The van der Waals surface area contributed by atoms with Crippen molar-refractivity contribution in [2.45, 2.75) is 50.3 Å². The summed E-state index contributed by atoms with van der Waals surface area (Å²) in [6.45, 7) is 1.89. The highest BCUT2D eigenvalue weighted by Crippen LogP contribution is 2.45. The molecule has 28 heavy (non-hydrogen) atoms. The molecule has 4 nitrogen and oxygen atoms in total. The molecule has 2 fully saturated rings. The summed E-state index contributed by atoms with van der Waals surface area (Å²) in [6, 6.07) is 13.2. The van der Waals surface area contributed by atoms with Crippen molar-refractivity contribution in [3.63, 3.8) is 0 Å². The zero-order chi connectivity index (χ0) is 19.1. The largest absolute Gasteiger partial charge is 0.454 e. The molecule has 1 saturated heterocycles. The molecule has 148 valence electrons. The van der Waals surface area contributed by atoms with Gasteiger partial charge < -0.3 is 19.5 Å². The lowest BCUT2D eigenvalue weighted by molar-refractivity contribution is -0.958. The molecule has 5 rings (SSSR count). The Morgan fingerprint density at radius 3 is 2.86 bits per heavy atom. The molecule has 3 aliphatic rings. The number of likely N-dealkylation sites (tertiary alicyclic amines) is 1. The average Bonchev–Trinajstić information content (AvgIpc) is 3.16. The third-order valence-electron chi connectivity index (χ3n) is 6.86. The zero-order valence-electron chi connectivity index (χ0n) is 16.0. The number of hydrogen-bond acceptors (Lipinski definition) is 3. The standard InChI is InChI=1S/C23H26FNO3/c24-18-5-3-4-16(12-18)14-25-11-10-23(26)9-2-1-6-19(23)22(25)17-7-8-20-21(13-17)28-15-27-20/h3-5,7-8,12-13,19,22,26H,1-2,6,9-11,14-15H2/p+1/t19-,22+,23-/m0/s1. The molecular formula is C23H27FNO3+. The quantitative estimate of drug-likeness (QED) is 0.855. The van der Waals surface area contributed by atoms with Crippen molar-refractivity contribution < 1.29 is 23.9 Å². The lowest BCUT2D eigenvalue weighted by Gasteiger charge is -2.50. The summed E-state index contributed by atoms with van der Waals surface area (Å²) in [4.78, 5) is 1.39. The van der Waals surface area contributed by atoms with Crippen LogP contribution in [0.15, 0.2) is 42.5 Å². The number of benzene rings is 2. The Kier molecular flexibility index (Phi) is 4.52. The van der Waals surface area contributed by atoms with Crippen LogP contribution in [0, 0.1) is 11.7 Å². The fraction of sp³-hybridized carbons (Fsp3) is 0.478. The van der Waals surface area contributed by atoms with Crippen LogP contribution in [-0.4, -0.2) is 24.0 Å². The Labute approximate surface area is 164 Å². The van der Waals surface area contributed by atoms with Crippen molar-refractivity contribution in [1.82, 2.24) is 0 Å². The van der Waals surface area contributed by atoms with Crippen LogP contribution in [0.2, 0.25) is 0 Å². The minimum atomic E-state index is -0.593. The smallest absolute Gasteiger partial charge is 0.231 e. The molecule has 2 heterocycles. The first-order chi connectivity index (χ1) is 13.6. The third-order valence-corrected chi connectivity index (χ3v) is 6.86. The Morgan fingerprint density at radius 1 is 1.07 bits per heavy atom. The first-order valence-corrected chi connectivity index (χ1v) is 10.3. The van der Waals surface area contributed by atoms with E-state index in [4.69, 9.17) is 9.47 Å². The number of hydrogen-bond donors (Lipinski definition) is 2. The van der Waals surface area contributed by atoms with E-state index in [1.165, 1.54) is 16.5 Å². The topological polar surface area (TPSA) is 43.1 Å². The van der Waals surface area contributed by atoms with Gasteiger partial charge in [0.2, 0.25) is 6.79 Å². The maximum atomic E-state index is 13.7. The normalized spacial score (nSPS) is 31.4. The van der Waals surface area contributed by atoms with Gasteiger partial charge in [0.15, 0.2) is 11.5 Å². The highest BCUT2D eigenvalue weighted by atomic mass is 19.1. The number of aliphatic hydroxyl groups is 1. The lowest BCUT2D eigenvalue weighted by Crippen LogP contribution is -3.13. The minimum absolute atomic E-state index is 0.164. The van der Waals surface area contributed by atoms with Crippen molar-refractivity contribution in [3.05, 3.63) is 59.4 Å². The lowest BCUT2D eigenvalue weighted by atomic mass is 9.66. The molecule has 2 aromatic rings. The van der Waals surface area contributed by atoms with Crippen LogP contribution in [0.4, 0.5) is 4.39 Å². The van der Waals surface area contributed by atoms with E-state index in [0.717, 1.165) is 62.3 Å². The van der Waals surface area contributed by atoms with Gasteiger partial charge in [-0.3, -0.25) is 0 Å². The Hall–Kier alpha value is -2.11. The van der Waals surface area contributed by atoms with Crippen molar-refractivity contribution >= 4 is 0 Å². The molecule has 0 amide bonds. The Bertz CT molecular complexity index is 873. The van der Waals surface area contributed by atoms with Gasteiger partial charge in [0.05, 0.1) is 12.1 Å². The molecule has 4 atom stereocenters. The van der Waals surface area contributed by atoms with Crippen molar-refractivity contribution in [1.29, 1.82) is 0 Å². The molecule has 1 saturated carbocycles. The van der Waals surface area contributed by atoms with Gasteiger partial charge in [-0.15, -0.1) is 0 Å². The number of fused-ring (bicyclic) bond motifs is 2. The molecule has 0 radical (unpaired) electrons. The Balaban J connectivity index is 1.51. The van der Waals surface area contributed by atoms with E-state index in [-0.39, 0.29) is 24.6 Å². The van der Waals surface area contributed by atoms with Gasteiger partial charge >= 0.3 is 0 Å². The first kappa shape index (κ1) is 18.0. The molecule has 0 bridgehead atoms. The van der Waals surface area contributed by atoms with Crippen LogP contribution in [0.1, 0.15) is 49.3 Å². The van der Waals surface area contributed by atoms with E-state index in [9.17, 15) is 9.50 Å². The van der Waals surface area contributed by atoms with Gasteiger partial charge in [-0.1, -0.05) is 25.0 Å². The second-order valence-corrected chi connectivity index (χ2v) is 8.51. The maximum Gasteiger partial charge on any atom is 0.231 e. The summed E-state index contributed by atoms with van der Waals surface area (Å²) < 4.78 is 24.8. The number of piperidine rings is 1. The number of rotatable bonds is 3. The third kappa shape index (κ3) is 3.16. The second-order valence-electron chi connectivity index (χ2n) is 8.51. The van der Waals surface area contributed by atoms with Gasteiger partial charge in [0, 0.05) is 23.5 Å². The molecule has 1 aliphatic carbocycles. The summed E-state index contributed by atoms with van der Waals surface area (Å²) in [7, 11) is 0. The van der Waals surface area contributed by atoms with Crippen LogP contribution >= 0.6 is 0 Å². The SMILES string of the molecule is O[C@]12CCCC[C@H]1[C@@H](c1ccc3c(c1)OCO3)[NH+](Cc1cccc(F)c1)CC2. The highest BCUT2D eigenvalue weighted by Gasteiger charge is 2.51. The summed E-state index contributed by atoms with van der Waals surface area (Å²) >= 11 is 0. The molecule has 0 aromatic heterocycles. The summed E-state index contributed by atoms with van der Waals surface area (Å²) in [5.41, 5.74) is 1.59. The zero-order valence-corrected chi connectivity index (χ0v) is 16.0. The summed E-state index contributed by atoms with van der Waals surface area (Å²) in [6.07, 6.45) is 4.97. The fourth-order valence-electron chi connectivity index (χ4n) is 5.54.